The molecule has 0 radical (unpaired) electrons. The van der Waals surface area contributed by atoms with Crippen LogP contribution in [-0.4, -0.2) is 58.9 Å². The molecule has 5 rings (SSSR count). The SMILES string of the molecule is O=C(CSc1nc(-c2ccco2)nc2ccccc12)NCC1CN(Cc2ccccc2)CCO1. The molecule has 4 aromatic rings. The van der Waals surface area contributed by atoms with Gasteiger partial charge in [-0.05, 0) is 23.8 Å². The zero-order valence-corrected chi connectivity index (χ0v) is 19.5. The van der Waals surface area contributed by atoms with Crippen LogP contribution >= 0.6 is 11.8 Å². The summed E-state index contributed by atoms with van der Waals surface area (Å²) in [6.07, 6.45) is 1.58. The molecule has 1 amide bonds. The van der Waals surface area contributed by atoms with E-state index in [0.29, 0.717) is 24.7 Å². The van der Waals surface area contributed by atoms with Crippen molar-refractivity contribution in [2.45, 2.75) is 17.7 Å². The second-order valence-electron chi connectivity index (χ2n) is 8.15. The fraction of sp³-hybridized carbons (Fsp3) is 0.269. The topological polar surface area (TPSA) is 80.5 Å². The monoisotopic (exact) mass is 474 g/mol. The van der Waals surface area contributed by atoms with E-state index >= 15 is 0 Å². The Morgan fingerprint density at radius 3 is 2.76 bits per heavy atom. The molecule has 3 heterocycles. The maximum atomic E-state index is 12.6. The Labute approximate surface area is 202 Å². The quantitative estimate of drug-likeness (QED) is 0.305. The standard InChI is InChI=1S/C26H26N4O3S/c31-24(27-15-20-17-30(12-14-32-20)16-19-7-2-1-3-8-19)18-34-26-21-9-4-5-10-22(21)28-25(29-26)23-11-6-13-33-23/h1-11,13,20H,12,14-18H2,(H,27,31). The van der Waals surface area contributed by atoms with Gasteiger partial charge >= 0.3 is 0 Å². The number of amides is 1. The number of hydrogen-bond donors (Lipinski definition) is 1. The van der Waals surface area contributed by atoms with Gasteiger partial charge in [-0.15, -0.1) is 0 Å². The Bertz CT molecular complexity index is 1230. The first-order valence-corrected chi connectivity index (χ1v) is 12.3. The number of nitrogens with one attached hydrogen (secondary N) is 1. The Morgan fingerprint density at radius 1 is 1.06 bits per heavy atom. The molecule has 1 saturated heterocycles. The number of thioether (sulfide) groups is 1. The molecule has 1 unspecified atom stereocenters. The van der Waals surface area contributed by atoms with Crippen molar-refractivity contribution in [3.8, 4) is 11.6 Å². The molecule has 2 aromatic heterocycles. The number of benzene rings is 2. The van der Waals surface area contributed by atoms with Gasteiger partial charge in [0, 0.05) is 31.6 Å². The Balaban J connectivity index is 1.17. The lowest BCUT2D eigenvalue weighted by Gasteiger charge is -2.33. The van der Waals surface area contributed by atoms with Gasteiger partial charge in [0.05, 0.1) is 30.2 Å². The summed E-state index contributed by atoms with van der Waals surface area (Å²) in [6, 6.07) is 21.9. The number of furan rings is 1. The Kier molecular flexibility index (Phi) is 7.19. The lowest BCUT2D eigenvalue weighted by atomic mass is 10.2. The fourth-order valence-electron chi connectivity index (χ4n) is 3.98. The van der Waals surface area contributed by atoms with E-state index < -0.39 is 0 Å². The largest absolute Gasteiger partial charge is 0.461 e. The number of nitrogens with zero attached hydrogens (tertiary/aromatic N) is 3. The highest BCUT2D eigenvalue weighted by molar-refractivity contribution is 8.00. The summed E-state index contributed by atoms with van der Waals surface area (Å²) in [5.74, 6) is 1.34. The smallest absolute Gasteiger partial charge is 0.230 e. The van der Waals surface area contributed by atoms with E-state index in [1.807, 2.05) is 42.5 Å². The van der Waals surface area contributed by atoms with Crippen molar-refractivity contribution < 1.29 is 13.9 Å². The number of rotatable bonds is 8. The average molecular weight is 475 g/mol. The van der Waals surface area contributed by atoms with E-state index in [1.54, 1.807) is 6.26 Å². The summed E-state index contributed by atoms with van der Waals surface area (Å²) >= 11 is 1.40. The average Bonchev–Trinajstić information content (AvgIpc) is 3.42. The summed E-state index contributed by atoms with van der Waals surface area (Å²) in [7, 11) is 0. The maximum absolute atomic E-state index is 12.6. The number of carbonyl (C=O) groups is 1. The first kappa shape index (κ1) is 22.6. The first-order chi connectivity index (χ1) is 16.7. The highest BCUT2D eigenvalue weighted by Crippen LogP contribution is 2.28. The number of hydrogen-bond acceptors (Lipinski definition) is 7. The van der Waals surface area contributed by atoms with Gasteiger partial charge in [0.25, 0.3) is 0 Å². The molecular weight excluding hydrogens is 448 g/mol. The summed E-state index contributed by atoms with van der Waals surface area (Å²) in [6.45, 7) is 3.75. The van der Waals surface area contributed by atoms with Crippen molar-refractivity contribution in [1.82, 2.24) is 20.2 Å². The van der Waals surface area contributed by atoms with Crippen LogP contribution in [0.2, 0.25) is 0 Å². The normalized spacial score (nSPS) is 16.5. The lowest BCUT2D eigenvalue weighted by molar-refractivity contribution is -0.119. The molecule has 1 N–H and O–H groups in total. The lowest BCUT2D eigenvalue weighted by Crippen LogP contribution is -2.47. The molecule has 8 heteroatoms. The van der Waals surface area contributed by atoms with E-state index in [0.717, 1.165) is 35.6 Å². The van der Waals surface area contributed by atoms with Crippen LogP contribution < -0.4 is 5.32 Å². The number of para-hydroxylation sites is 1. The molecule has 34 heavy (non-hydrogen) atoms. The van der Waals surface area contributed by atoms with Crippen LogP contribution in [0, 0.1) is 0 Å². The summed E-state index contributed by atoms with van der Waals surface area (Å²) in [5.41, 5.74) is 2.11. The molecule has 174 valence electrons. The molecule has 0 aliphatic carbocycles. The predicted octanol–water partition coefficient (Wildman–Crippen LogP) is 4.00. The molecule has 1 atom stereocenters. The van der Waals surface area contributed by atoms with Crippen LogP contribution in [0.25, 0.3) is 22.5 Å². The first-order valence-electron chi connectivity index (χ1n) is 11.3. The van der Waals surface area contributed by atoms with Gasteiger partial charge < -0.3 is 14.5 Å². The van der Waals surface area contributed by atoms with E-state index in [1.165, 1.54) is 17.3 Å². The van der Waals surface area contributed by atoms with Crippen LogP contribution in [-0.2, 0) is 16.1 Å². The van der Waals surface area contributed by atoms with Crippen molar-refractivity contribution in [1.29, 1.82) is 0 Å². The van der Waals surface area contributed by atoms with Gasteiger partial charge in [-0.1, -0.05) is 60.3 Å². The van der Waals surface area contributed by atoms with Crippen molar-refractivity contribution in [3.05, 3.63) is 78.6 Å². The Morgan fingerprint density at radius 2 is 1.91 bits per heavy atom. The minimum atomic E-state index is -0.0453. The van der Waals surface area contributed by atoms with E-state index in [9.17, 15) is 4.79 Å². The van der Waals surface area contributed by atoms with Crippen LogP contribution in [0.1, 0.15) is 5.56 Å². The third-order valence-electron chi connectivity index (χ3n) is 5.65. The molecule has 0 bridgehead atoms. The number of carbonyl (C=O) groups excluding carboxylic acids is 1. The minimum absolute atomic E-state index is 0.0168. The van der Waals surface area contributed by atoms with Crippen LogP contribution in [0.3, 0.4) is 0 Å². The molecule has 2 aromatic carbocycles. The summed E-state index contributed by atoms with van der Waals surface area (Å²) in [5, 5.41) is 4.70. The fourth-order valence-corrected chi connectivity index (χ4v) is 4.82. The number of ether oxygens (including phenoxy) is 1. The number of morpholine rings is 1. The van der Waals surface area contributed by atoms with Crippen molar-refractivity contribution in [2.24, 2.45) is 0 Å². The zero-order valence-electron chi connectivity index (χ0n) is 18.7. The van der Waals surface area contributed by atoms with Crippen LogP contribution in [0.4, 0.5) is 0 Å². The molecular formula is C26H26N4O3S. The molecule has 1 aliphatic rings. The minimum Gasteiger partial charge on any atom is -0.461 e. The van der Waals surface area contributed by atoms with E-state index in [-0.39, 0.29) is 17.8 Å². The van der Waals surface area contributed by atoms with Gasteiger partial charge in [-0.3, -0.25) is 9.69 Å². The second kappa shape index (κ2) is 10.8. The summed E-state index contributed by atoms with van der Waals surface area (Å²) in [4.78, 5) is 24.2. The van der Waals surface area contributed by atoms with Crippen LogP contribution in [0.15, 0.2) is 82.4 Å². The molecule has 7 nitrogen and oxygen atoms in total. The van der Waals surface area contributed by atoms with Gasteiger partial charge in [0.15, 0.2) is 11.6 Å². The van der Waals surface area contributed by atoms with Gasteiger partial charge in [0.1, 0.15) is 5.03 Å². The second-order valence-corrected chi connectivity index (χ2v) is 9.12. The van der Waals surface area contributed by atoms with Gasteiger partial charge in [-0.25, -0.2) is 9.97 Å². The highest BCUT2D eigenvalue weighted by Gasteiger charge is 2.21. The van der Waals surface area contributed by atoms with E-state index in [4.69, 9.17) is 9.15 Å². The van der Waals surface area contributed by atoms with E-state index in [2.05, 4.69) is 44.5 Å². The summed E-state index contributed by atoms with van der Waals surface area (Å²) < 4.78 is 11.3. The zero-order chi connectivity index (χ0) is 23.2. The molecule has 0 saturated carbocycles. The molecule has 0 spiro atoms. The predicted molar refractivity (Wildman–Crippen MR) is 132 cm³/mol. The Hall–Kier alpha value is -3.20. The van der Waals surface area contributed by atoms with Crippen molar-refractivity contribution in [2.75, 3.05) is 32.0 Å². The maximum Gasteiger partial charge on any atom is 0.230 e. The number of fused-ring (bicyclic) bond motifs is 1. The number of aromatic nitrogens is 2. The third kappa shape index (κ3) is 5.64. The molecule has 1 aliphatic heterocycles. The highest BCUT2D eigenvalue weighted by atomic mass is 32.2. The van der Waals surface area contributed by atoms with Gasteiger partial charge in [0.2, 0.25) is 5.91 Å². The molecule has 1 fully saturated rings. The van der Waals surface area contributed by atoms with Gasteiger partial charge in [-0.2, -0.15) is 0 Å². The van der Waals surface area contributed by atoms with Crippen LogP contribution in [0.5, 0.6) is 0 Å². The third-order valence-corrected chi connectivity index (χ3v) is 6.64. The van der Waals surface area contributed by atoms with Crippen molar-refractivity contribution in [3.63, 3.8) is 0 Å². The van der Waals surface area contributed by atoms with Crippen molar-refractivity contribution >= 4 is 28.6 Å².